The first-order valence-electron chi connectivity index (χ1n) is 9.95. The second-order valence-electron chi connectivity index (χ2n) is 7.33. The number of thioether (sulfide) groups is 1. The molecule has 1 aromatic heterocycles. The van der Waals surface area contributed by atoms with Crippen molar-refractivity contribution in [2.24, 2.45) is 0 Å². The molecule has 0 saturated carbocycles. The lowest BCUT2D eigenvalue weighted by Gasteiger charge is -2.12. The average Bonchev–Trinajstić information content (AvgIpc) is 3.32. The fraction of sp³-hybridized carbons (Fsp3) is 0.261. The molecule has 2 heterocycles. The summed E-state index contributed by atoms with van der Waals surface area (Å²) in [6.07, 6.45) is 0.774. The molecule has 6 nitrogen and oxygen atoms in total. The lowest BCUT2D eigenvalue weighted by atomic mass is 10.1. The molecule has 3 aromatic rings. The molecule has 0 fully saturated rings. The summed E-state index contributed by atoms with van der Waals surface area (Å²) in [7, 11) is 0. The lowest BCUT2D eigenvalue weighted by molar-refractivity contribution is -0.121. The maximum Gasteiger partial charge on any atom is 0.256 e. The molecule has 0 unspecified atom stereocenters. The van der Waals surface area contributed by atoms with E-state index in [-0.39, 0.29) is 18.4 Å². The molecule has 7 heteroatoms. The first-order chi connectivity index (χ1) is 14.6. The number of carbonyl (C=O) groups excluding carboxylic acids is 2. The summed E-state index contributed by atoms with van der Waals surface area (Å²) in [5.41, 5.74) is 4.81. The summed E-state index contributed by atoms with van der Waals surface area (Å²) >= 11 is 1.76. The van der Waals surface area contributed by atoms with Crippen molar-refractivity contribution in [3.8, 4) is 0 Å². The van der Waals surface area contributed by atoms with Gasteiger partial charge in [-0.3, -0.25) is 9.59 Å². The van der Waals surface area contributed by atoms with E-state index in [0.717, 1.165) is 34.7 Å². The fourth-order valence-corrected chi connectivity index (χ4v) is 4.42. The van der Waals surface area contributed by atoms with Crippen molar-refractivity contribution in [2.75, 3.05) is 11.9 Å². The molecule has 30 heavy (non-hydrogen) atoms. The Bertz CT molecular complexity index is 1050. The fourth-order valence-electron chi connectivity index (χ4n) is 3.39. The second kappa shape index (κ2) is 9.17. The van der Waals surface area contributed by atoms with Crippen LogP contribution in [0.15, 0.2) is 54.6 Å². The van der Waals surface area contributed by atoms with Crippen LogP contribution in [0.5, 0.6) is 0 Å². The van der Waals surface area contributed by atoms with E-state index >= 15 is 0 Å². The number of aryl methyl sites for hydroxylation is 1. The van der Waals surface area contributed by atoms with Gasteiger partial charge in [0.15, 0.2) is 0 Å². The Balaban J connectivity index is 1.42. The lowest BCUT2D eigenvalue weighted by Crippen LogP contribution is -2.30. The van der Waals surface area contributed by atoms with Crippen LogP contribution in [0.2, 0.25) is 0 Å². The van der Waals surface area contributed by atoms with E-state index in [1.165, 1.54) is 5.56 Å². The Kier molecular flexibility index (Phi) is 6.18. The van der Waals surface area contributed by atoms with Crippen molar-refractivity contribution < 1.29 is 9.59 Å². The van der Waals surface area contributed by atoms with E-state index in [1.54, 1.807) is 28.6 Å². The number of fused-ring (bicyclic) bond motifs is 1. The molecule has 0 saturated heterocycles. The van der Waals surface area contributed by atoms with E-state index in [9.17, 15) is 9.59 Å². The molecule has 1 aliphatic rings. The second-order valence-corrected chi connectivity index (χ2v) is 8.32. The molecule has 0 radical (unpaired) electrons. The quantitative estimate of drug-likeness (QED) is 0.613. The molecule has 0 atom stereocenters. The van der Waals surface area contributed by atoms with E-state index in [0.29, 0.717) is 17.9 Å². The number of anilines is 1. The van der Waals surface area contributed by atoms with Gasteiger partial charge in [-0.15, -0.1) is 0 Å². The van der Waals surface area contributed by atoms with Crippen molar-refractivity contribution in [2.45, 2.75) is 31.4 Å². The van der Waals surface area contributed by atoms with Crippen LogP contribution < -0.4 is 10.6 Å². The summed E-state index contributed by atoms with van der Waals surface area (Å²) in [5.74, 6) is 1.89. The highest BCUT2D eigenvalue weighted by Gasteiger charge is 2.25. The number of nitrogens with zero attached hydrogens (tertiary/aromatic N) is 2. The predicted octanol–water partition coefficient (Wildman–Crippen LogP) is 3.55. The smallest absolute Gasteiger partial charge is 0.256 e. The molecule has 0 aliphatic carbocycles. The molecule has 0 bridgehead atoms. The summed E-state index contributed by atoms with van der Waals surface area (Å²) in [6.45, 7) is 2.62. The normalized spacial score (nSPS) is 12.4. The minimum Gasteiger partial charge on any atom is -0.354 e. The van der Waals surface area contributed by atoms with Crippen LogP contribution in [0.25, 0.3) is 0 Å². The highest BCUT2D eigenvalue weighted by Crippen LogP contribution is 2.34. The number of hydrogen-bond donors (Lipinski definition) is 2. The van der Waals surface area contributed by atoms with Crippen LogP contribution in [0.1, 0.15) is 32.7 Å². The van der Waals surface area contributed by atoms with Crippen molar-refractivity contribution in [1.82, 2.24) is 15.1 Å². The predicted molar refractivity (Wildman–Crippen MR) is 120 cm³/mol. The molecule has 2 amide bonds. The van der Waals surface area contributed by atoms with E-state index < -0.39 is 0 Å². The maximum absolute atomic E-state index is 12.7. The van der Waals surface area contributed by atoms with Crippen molar-refractivity contribution >= 4 is 29.4 Å². The number of amides is 2. The standard InChI is InChI=1S/C23H24N4O2S/c1-16-7-9-18(10-8-16)23(29)25-22-19-14-30-15-20(19)26-27(22)13-21(28)24-12-11-17-5-3-2-4-6-17/h2-10H,11-15H2,1H3,(H,24,28)(H,25,29). The van der Waals surface area contributed by atoms with Crippen LogP contribution in [0.3, 0.4) is 0 Å². The van der Waals surface area contributed by atoms with Gasteiger partial charge in [-0.05, 0) is 31.0 Å². The molecule has 154 valence electrons. The SMILES string of the molecule is Cc1ccc(C(=O)Nc2c3c(nn2CC(=O)NCCc2ccccc2)CSC3)cc1. The largest absolute Gasteiger partial charge is 0.354 e. The first kappa shape index (κ1) is 20.2. The summed E-state index contributed by atoms with van der Waals surface area (Å²) in [6, 6.07) is 17.5. The zero-order valence-electron chi connectivity index (χ0n) is 16.9. The number of carbonyl (C=O) groups is 2. The average molecular weight is 421 g/mol. The Labute approximate surface area is 180 Å². The van der Waals surface area contributed by atoms with Crippen LogP contribution in [0.4, 0.5) is 5.82 Å². The van der Waals surface area contributed by atoms with E-state index in [4.69, 9.17) is 0 Å². The third kappa shape index (κ3) is 4.74. The highest BCUT2D eigenvalue weighted by molar-refractivity contribution is 7.98. The van der Waals surface area contributed by atoms with Crippen molar-refractivity contribution in [1.29, 1.82) is 0 Å². The highest BCUT2D eigenvalue weighted by atomic mass is 32.2. The third-order valence-electron chi connectivity index (χ3n) is 5.04. The zero-order valence-corrected chi connectivity index (χ0v) is 17.7. The Morgan fingerprint density at radius 3 is 2.60 bits per heavy atom. The van der Waals surface area contributed by atoms with Gasteiger partial charge in [-0.2, -0.15) is 16.9 Å². The van der Waals surface area contributed by atoms with Crippen molar-refractivity contribution in [3.63, 3.8) is 0 Å². The minimum atomic E-state index is -0.194. The van der Waals surface area contributed by atoms with E-state index in [2.05, 4.69) is 15.7 Å². The van der Waals surface area contributed by atoms with Gasteiger partial charge in [0.1, 0.15) is 12.4 Å². The molecule has 4 rings (SSSR count). The van der Waals surface area contributed by atoms with Crippen LogP contribution in [0, 0.1) is 6.92 Å². The van der Waals surface area contributed by atoms with Gasteiger partial charge < -0.3 is 10.6 Å². The third-order valence-corrected chi connectivity index (χ3v) is 6.01. The molecular formula is C23H24N4O2S. The molecular weight excluding hydrogens is 396 g/mol. The maximum atomic E-state index is 12.7. The Hall–Kier alpha value is -3.06. The van der Waals surface area contributed by atoms with Crippen LogP contribution in [-0.2, 0) is 29.3 Å². The minimum absolute atomic E-state index is 0.0793. The monoisotopic (exact) mass is 420 g/mol. The number of rotatable bonds is 7. The summed E-state index contributed by atoms with van der Waals surface area (Å²) in [5, 5.41) is 10.5. The van der Waals surface area contributed by atoms with Crippen molar-refractivity contribution in [3.05, 3.63) is 82.5 Å². The van der Waals surface area contributed by atoms with Gasteiger partial charge >= 0.3 is 0 Å². The van der Waals surface area contributed by atoms with E-state index in [1.807, 2.05) is 49.4 Å². The zero-order chi connectivity index (χ0) is 20.9. The molecule has 2 aromatic carbocycles. The summed E-state index contributed by atoms with van der Waals surface area (Å²) in [4.78, 5) is 25.2. The van der Waals surface area contributed by atoms with Gasteiger partial charge in [0.25, 0.3) is 5.91 Å². The molecule has 1 aliphatic heterocycles. The number of benzene rings is 2. The van der Waals surface area contributed by atoms with Gasteiger partial charge in [0, 0.05) is 29.2 Å². The Morgan fingerprint density at radius 1 is 1.07 bits per heavy atom. The van der Waals surface area contributed by atoms with Gasteiger partial charge in [-0.25, -0.2) is 4.68 Å². The first-order valence-corrected chi connectivity index (χ1v) is 11.1. The van der Waals surface area contributed by atoms with Gasteiger partial charge in [0.2, 0.25) is 5.91 Å². The topological polar surface area (TPSA) is 76.0 Å². The molecule has 0 spiro atoms. The number of aromatic nitrogens is 2. The number of hydrogen-bond acceptors (Lipinski definition) is 4. The van der Waals surface area contributed by atoms with Gasteiger partial charge in [0.05, 0.1) is 5.69 Å². The summed E-state index contributed by atoms with van der Waals surface area (Å²) < 4.78 is 1.62. The van der Waals surface area contributed by atoms with Crippen LogP contribution >= 0.6 is 11.8 Å². The Morgan fingerprint density at radius 2 is 1.83 bits per heavy atom. The molecule has 2 N–H and O–H groups in total. The van der Waals surface area contributed by atoms with Crippen LogP contribution in [-0.4, -0.2) is 28.1 Å². The number of nitrogens with one attached hydrogen (secondary N) is 2. The van der Waals surface area contributed by atoms with Gasteiger partial charge in [-0.1, -0.05) is 48.0 Å².